The van der Waals surface area contributed by atoms with E-state index in [0.717, 1.165) is 49.9 Å². The first-order valence-electron chi connectivity index (χ1n) is 9.66. The highest BCUT2D eigenvalue weighted by molar-refractivity contribution is 7.13. The SMILES string of the molecule is Cc1cc(N/C(=C2/c3cc(-c4cncs4)ccc3NC2O)c2ccccc2)ccn1. The molecule has 0 saturated carbocycles. The van der Waals surface area contributed by atoms with Crippen LogP contribution in [0.15, 0.2) is 78.6 Å². The smallest absolute Gasteiger partial charge is 0.153 e. The lowest BCUT2D eigenvalue weighted by Gasteiger charge is -2.18. The van der Waals surface area contributed by atoms with Gasteiger partial charge in [0, 0.05) is 40.6 Å². The molecule has 6 heteroatoms. The maximum absolute atomic E-state index is 11.0. The number of aryl methyl sites for hydroxylation is 1. The zero-order valence-electron chi connectivity index (χ0n) is 16.3. The molecule has 0 fully saturated rings. The highest BCUT2D eigenvalue weighted by atomic mass is 32.1. The van der Waals surface area contributed by atoms with Gasteiger partial charge in [-0.05, 0) is 42.3 Å². The van der Waals surface area contributed by atoms with Crippen LogP contribution in [0.25, 0.3) is 21.7 Å². The van der Waals surface area contributed by atoms with Crippen molar-refractivity contribution in [3.8, 4) is 10.4 Å². The number of fused-ring (bicyclic) bond motifs is 1. The van der Waals surface area contributed by atoms with Crippen molar-refractivity contribution in [2.45, 2.75) is 13.2 Å². The average molecular weight is 413 g/mol. The molecular formula is C24H20N4OS. The predicted octanol–water partition coefficient (Wildman–Crippen LogP) is 5.24. The fourth-order valence-electron chi connectivity index (χ4n) is 3.71. The number of aliphatic hydroxyl groups excluding tert-OH is 1. The molecule has 2 aromatic heterocycles. The van der Waals surface area contributed by atoms with Crippen molar-refractivity contribution < 1.29 is 5.11 Å². The third kappa shape index (κ3) is 3.47. The largest absolute Gasteiger partial charge is 0.369 e. The molecule has 30 heavy (non-hydrogen) atoms. The zero-order chi connectivity index (χ0) is 20.5. The van der Waals surface area contributed by atoms with Gasteiger partial charge in [-0.2, -0.15) is 0 Å². The number of hydrogen-bond donors (Lipinski definition) is 3. The number of anilines is 2. The molecule has 0 saturated heterocycles. The molecular weight excluding hydrogens is 392 g/mol. The summed E-state index contributed by atoms with van der Waals surface area (Å²) in [5, 5.41) is 17.7. The topological polar surface area (TPSA) is 70.1 Å². The number of benzene rings is 2. The van der Waals surface area contributed by atoms with Gasteiger partial charge in [-0.3, -0.25) is 9.97 Å². The standard InChI is InChI=1S/C24H20N4OS/c1-15-11-18(9-10-26-15)27-23(16-5-3-2-4-6-16)22-19-12-17(21-13-25-14-30-21)7-8-20(19)28-24(22)29/h2-14,24,28-29H,1H3,(H,26,27)/b23-22-. The summed E-state index contributed by atoms with van der Waals surface area (Å²) < 4.78 is 0. The van der Waals surface area contributed by atoms with Crippen molar-refractivity contribution in [2.24, 2.45) is 0 Å². The summed E-state index contributed by atoms with van der Waals surface area (Å²) in [6.07, 6.45) is 2.83. The minimum Gasteiger partial charge on any atom is -0.369 e. The van der Waals surface area contributed by atoms with E-state index in [4.69, 9.17) is 0 Å². The third-order valence-corrected chi connectivity index (χ3v) is 5.91. The van der Waals surface area contributed by atoms with E-state index in [1.807, 2.05) is 67.2 Å². The fraction of sp³-hybridized carbons (Fsp3) is 0.0833. The van der Waals surface area contributed by atoms with Gasteiger partial charge in [0.1, 0.15) is 0 Å². The molecule has 0 amide bonds. The highest BCUT2D eigenvalue weighted by Gasteiger charge is 2.29. The van der Waals surface area contributed by atoms with Crippen LogP contribution in [0.3, 0.4) is 0 Å². The summed E-state index contributed by atoms with van der Waals surface area (Å²) in [6.45, 7) is 1.96. The molecule has 3 N–H and O–H groups in total. The molecule has 0 aliphatic carbocycles. The Morgan fingerprint density at radius 1 is 1.10 bits per heavy atom. The van der Waals surface area contributed by atoms with Gasteiger partial charge < -0.3 is 15.7 Å². The molecule has 0 bridgehead atoms. The van der Waals surface area contributed by atoms with Crippen LogP contribution in [0.4, 0.5) is 11.4 Å². The lowest BCUT2D eigenvalue weighted by Crippen LogP contribution is -2.16. The molecule has 1 unspecified atom stereocenters. The van der Waals surface area contributed by atoms with Gasteiger partial charge in [0.2, 0.25) is 0 Å². The summed E-state index contributed by atoms with van der Waals surface area (Å²) in [5.74, 6) is 0. The minimum atomic E-state index is -0.817. The van der Waals surface area contributed by atoms with Crippen LogP contribution in [0.5, 0.6) is 0 Å². The van der Waals surface area contributed by atoms with E-state index in [9.17, 15) is 5.11 Å². The summed E-state index contributed by atoms with van der Waals surface area (Å²) >= 11 is 1.60. The van der Waals surface area contributed by atoms with Gasteiger partial charge >= 0.3 is 0 Å². The number of thiazole rings is 1. The minimum absolute atomic E-state index is 0.817. The lowest BCUT2D eigenvalue weighted by atomic mass is 9.97. The van der Waals surface area contributed by atoms with E-state index in [-0.39, 0.29) is 0 Å². The molecule has 4 aromatic rings. The first-order chi connectivity index (χ1) is 14.7. The molecule has 1 atom stereocenters. The summed E-state index contributed by atoms with van der Waals surface area (Å²) in [5.41, 5.74) is 9.32. The molecule has 148 valence electrons. The van der Waals surface area contributed by atoms with Crippen molar-refractivity contribution in [1.29, 1.82) is 0 Å². The predicted molar refractivity (Wildman–Crippen MR) is 123 cm³/mol. The second kappa shape index (κ2) is 7.74. The Bertz CT molecular complexity index is 1220. The molecule has 1 aliphatic rings. The van der Waals surface area contributed by atoms with E-state index in [1.165, 1.54) is 0 Å². The van der Waals surface area contributed by atoms with Gasteiger partial charge in [-0.25, -0.2) is 0 Å². The van der Waals surface area contributed by atoms with E-state index in [2.05, 4.69) is 32.7 Å². The Morgan fingerprint density at radius 3 is 2.73 bits per heavy atom. The van der Waals surface area contributed by atoms with Crippen LogP contribution in [0.1, 0.15) is 16.8 Å². The Balaban J connectivity index is 1.69. The maximum Gasteiger partial charge on any atom is 0.153 e. The first kappa shape index (κ1) is 18.5. The second-order valence-corrected chi connectivity index (χ2v) is 8.02. The quantitative estimate of drug-likeness (QED) is 0.428. The van der Waals surface area contributed by atoms with Gasteiger partial charge in [0.15, 0.2) is 6.23 Å². The summed E-state index contributed by atoms with van der Waals surface area (Å²) in [4.78, 5) is 9.58. The number of aliphatic hydroxyl groups is 1. The summed E-state index contributed by atoms with van der Waals surface area (Å²) in [7, 11) is 0. The number of nitrogens with one attached hydrogen (secondary N) is 2. The van der Waals surface area contributed by atoms with Crippen LogP contribution in [-0.2, 0) is 0 Å². The Hall–Kier alpha value is -3.48. The third-order valence-electron chi connectivity index (χ3n) is 5.09. The van der Waals surface area contributed by atoms with Gasteiger partial charge in [-0.1, -0.05) is 36.4 Å². The Labute approximate surface area is 178 Å². The molecule has 3 heterocycles. The maximum atomic E-state index is 11.0. The fourth-order valence-corrected chi connectivity index (χ4v) is 4.33. The van der Waals surface area contributed by atoms with E-state index in [0.29, 0.717) is 0 Å². The van der Waals surface area contributed by atoms with Gasteiger partial charge in [0.25, 0.3) is 0 Å². The van der Waals surface area contributed by atoms with Crippen LogP contribution < -0.4 is 10.6 Å². The van der Waals surface area contributed by atoms with Crippen molar-refractivity contribution in [3.63, 3.8) is 0 Å². The lowest BCUT2D eigenvalue weighted by molar-refractivity contribution is 0.266. The molecule has 5 rings (SSSR count). The number of nitrogens with zero attached hydrogens (tertiary/aromatic N) is 2. The monoisotopic (exact) mass is 412 g/mol. The van der Waals surface area contributed by atoms with Crippen LogP contribution >= 0.6 is 11.3 Å². The molecule has 2 aromatic carbocycles. The average Bonchev–Trinajstić information content (AvgIpc) is 3.40. The number of rotatable bonds is 4. The van der Waals surface area contributed by atoms with Crippen LogP contribution in [0.2, 0.25) is 0 Å². The van der Waals surface area contributed by atoms with Gasteiger partial charge in [0.05, 0.1) is 16.1 Å². The number of hydrogen-bond acceptors (Lipinski definition) is 6. The normalized spacial score (nSPS) is 16.7. The Kier molecular flexibility index (Phi) is 4.78. The van der Waals surface area contributed by atoms with E-state index in [1.54, 1.807) is 17.5 Å². The van der Waals surface area contributed by atoms with Crippen molar-refractivity contribution in [2.75, 3.05) is 10.6 Å². The summed E-state index contributed by atoms with van der Waals surface area (Å²) in [6, 6.07) is 20.2. The number of aromatic nitrogens is 2. The van der Waals surface area contributed by atoms with Crippen LogP contribution in [0, 0.1) is 6.92 Å². The number of pyridine rings is 1. The zero-order valence-corrected chi connectivity index (χ0v) is 17.1. The van der Waals surface area contributed by atoms with Crippen LogP contribution in [-0.4, -0.2) is 21.3 Å². The molecule has 5 nitrogen and oxygen atoms in total. The first-order valence-corrected chi connectivity index (χ1v) is 10.5. The Morgan fingerprint density at radius 2 is 1.97 bits per heavy atom. The van der Waals surface area contributed by atoms with E-state index < -0.39 is 6.23 Å². The van der Waals surface area contributed by atoms with Crippen molar-refractivity contribution in [3.05, 3.63) is 95.4 Å². The molecule has 0 radical (unpaired) electrons. The van der Waals surface area contributed by atoms with Gasteiger partial charge in [-0.15, -0.1) is 11.3 Å². The molecule has 0 spiro atoms. The van der Waals surface area contributed by atoms with E-state index >= 15 is 0 Å². The molecule has 1 aliphatic heterocycles. The highest BCUT2D eigenvalue weighted by Crippen LogP contribution is 2.41. The van der Waals surface area contributed by atoms with Crippen molar-refractivity contribution in [1.82, 2.24) is 9.97 Å². The second-order valence-electron chi connectivity index (χ2n) is 7.14. The van der Waals surface area contributed by atoms with Crippen molar-refractivity contribution >= 4 is 34.0 Å².